The molecule has 0 radical (unpaired) electrons. The fraction of sp³-hybridized carbons (Fsp3) is 0.500. The first-order valence-corrected chi connectivity index (χ1v) is 9.09. The summed E-state index contributed by atoms with van der Waals surface area (Å²) in [5.74, 6) is 1.50. The van der Waals surface area contributed by atoms with Gasteiger partial charge in [0.25, 0.3) is 5.91 Å². The van der Waals surface area contributed by atoms with Crippen LogP contribution in [0.25, 0.3) is 0 Å². The van der Waals surface area contributed by atoms with E-state index in [-0.39, 0.29) is 18.0 Å². The van der Waals surface area contributed by atoms with Crippen molar-refractivity contribution in [2.24, 2.45) is 5.92 Å². The van der Waals surface area contributed by atoms with Crippen LogP contribution in [0.4, 0.5) is 4.79 Å². The number of likely N-dealkylation sites (N-methyl/N-ethyl adjacent to an activating group) is 1. The van der Waals surface area contributed by atoms with Crippen LogP contribution in [0.15, 0.2) is 29.5 Å². The minimum Gasteiger partial charge on any atom is -0.497 e. The fourth-order valence-corrected chi connectivity index (χ4v) is 3.52. The van der Waals surface area contributed by atoms with Crippen molar-refractivity contribution >= 4 is 11.9 Å². The number of methoxy groups -OCH3 is 2. The van der Waals surface area contributed by atoms with Crippen molar-refractivity contribution in [3.63, 3.8) is 0 Å². The Morgan fingerprint density at radius 3 is 2.19 bits per heavy atom. The number of carbonyl (C=O) groups is 2. The number of ether oxygens (including phenoxy) is 2. The Balaban J connectivity index is 2.07. The molecule has 1 aromatic rings. The molecular weight excluding hydrogens is 346 g/mol. The predicted octanol–water partition coefficient (Wildman–Crippen LogP) is 2.54. The van der Waals surface area contributed by atoms with Gasteiger partial charge in [0.2, 0.25) is 0 Å². The Morgan fingerprint density at radius 1 is 1.07 bits per heavy atom. The maximum atomic E-state index is 13.3. The van der Waals surface area contributed by atoms with E-state index in [4.69, 9.17) is 9.47 Å². The second-order valence-corrected chi connectivity index (χ2v) is 7.37. The van der Waals surface area contributed by atoms with Crippen molar-refractivity contribution in [3.8, 4) is 11.5 Å². The van der Waals surface area contributed by atoms with E-state index in [2.05, 4.69) is 19.2 Å². The second kappa shape index (κ2) is 7.13. The average molecular weight is 373 g/mol. The lowest BCUT2D eigenvalue weighted by atomic mass is 9.95. The van der Waals surface area contributed by atoms with Crippen molar-refractivity contribution < 1.29 is 19.1 Å². The van der Waals surface area contributed by atoms with Gasteiger partial charge in [0.05, 0.1) is 38.1 Å². The number of nitrogens with one attached hydrogen (secondary N) is 1. The first-order valence-electron chi connectivity index (χ1n) is 9.09. The molecule has 0 saturated carbocycles. The highest BCUT2D eigenvalue weighted by Gasteiger charge is 2.44. The third kappa shape index (κ3) is 3.22. The molecule has 2 heterocycles. The van der Waals surface area contributed by atoms with E-state index in [9.17, 15) is 9.59 Å². The Kier molecular flexibility index (Phi) is 5.04. The van der Waals surface area contributed by atoms with Crippen molar-refractivity contribution in [2.75, 3.05) is 27.8 Å². The summed E-state index contributed by atoms with van der Waals surface area (Å²) >= 11 is 0. The van der Waals surface area contributed by atoms with Crippen LogP contribution in [0.5, 0.6) is 11.5 Å². The van der Waals surface area contributed by atoms with Crippen LogP contribution in [0.1, 0.15) is 32.4 Å². The molecule has 7 heteroatoms. The topological polar surface area (TPSA) is 71.1 Å². The molecule has 0 bridgehead atoms. The highest BCUT2D eigenvalue weighted by Crippen LogP contribution is 2.39. The van der Waals surface area contributed by atoms with Crippen LogP contribution in [0, 0.1) is 5.92 Å². The summed E-state index contributed by atoms with van der Waals surface area (Å²) < 4.78 is 10.7. The second-order valence-electron chi connectivity index (χ2n) is 7.37. The normalized spacial score (nSPS) is 20.8. The van der Waals surface area contributed by atoms with Gasteiger partial charge < -0.3 is 19.7 Å². The number of urea groups is 1. The molecule has 1 N–H and O–H groups in total. The average Bonchev–Trinajstić information content (AvgIpc) is 3.00. The van der Waals surface area contributed by atoms with Gasteiger partial charge >= 0.3 is 6.03 Å². The summed E-state index contributed by atoms with van der Waals surface area (Å²) in [6.07, 6.45) is 0. The fourth-order valence-electron chi connectivity index (χ4n) is 3.52. The van der Waals surface area contributed by atoms with Gasteiger partial charge in [0.1, 0.15) is 11.5 Å². The summed E-state index contributed by atoms with van der Waals surface area (Å²) in [6, 6.07) is 4.72. The van der Waals surface area contributed by atoms with Crippen molar-refractivity contribution in [1.29, 1.82) is 0 Å². The zero-order chi connectivity index (χ0) is 19.9. The highest BCUT2D eigenvalue weighted by molar-refractivity contribution is 6.01. The first kappa shape index (κ1) is 19.1. The Morgan fingerprint density at radius 2 is 1.67 bits per heavy atom. The van der Waals surface area contributed by atoms with Crippen LogP contribution in [-0.4, -0.2) is 55.6 Å². The standard InChI is InChI=1S/C20H27N3O4/c1-11(2)12(3)23-10-16-17(19(23)24)18(21-20(25)22(16)4)13-7-14(26-5)9-15(8-13)27-6/h7-9,11-12,18H,10H2,1-6H3,(H,21,25)/t12-,18-/m0/s1. The lowest BCUT2D eigenvalue weighted by Crippen LogP contribution is -2.45. The van der Waals surface area contributed by atoms with Crippen LogP contribution in [-0.2, 0) is 4.79 Å². The molecular formula is C20H27N3O4. The molecule has 2 aliphatic rings. The van der Waals surface area contributed by atoms with E-state index in [1.54, 1.807) is 27.3 Å². The molecule has 3 amide bonds. The van der Waals surface area contributed by atoms with Gasteiger partial charge in [-0.15, -0.1) is 0 Å². The quantitative estimate of drug-likeness (QED) is 0.861. The van der Waals surface area contributed by atoms with Crippen LogP contribution < -0.4 is 14.8 Å². The number of carbonyl (C=O) groups excluding carboxylic acids is 2. The number of rotatable bonds is 5. The summed E-state index contributed by atoms with van der Waals surface area (Å²) in [6.45, 7) is 6.66. The SMILES string of the molecule is COc1cc(OC)cc([C@@H]2NC(=O)N(C)C3=C2C(=O)N([C@@H](C)C(C)C)C3)c1. The minimum atomic E-state index is -0.537. The van der Waals surface area contributed by atoms with E-state index < -0.39 is 6.04 Å². The molecule has 0 spiro atoms. The molecule has 0 unspecified atom stereocenters. The third-order valence-corrected chi connectivity index (χ3v) is 5.55. The zero-order valence-electron chi connectivity index (χ0n) is 16.7. The molecule has 3 rings (SSSR count). The predicted molar refractivity (Wildman–Crippen MR) is 102 cm³/mol. The van der Waals surface area contributed by atoms with Crippen molar-refractivity contribution in [3.05, 3.63) is 35.0 Å². The van der Waals surface area contributed by atoms with Gasteiger partial charge in [-0.3, -0.25) is 9.69 Å². The molecule has 27 heavy (non-hydrogen) atoms. The Bertz CT molecular complexity index is 780. The van der Waals surface area contributed by atoms with Crippen LogP contribution >= 0.6 is 0 Å². The molecule has 0 aromatic heterocycles. The first-order chi connectivity index (χ1) is 12.8. The molecule has 2 atom stereocenters. The number of hydrogen-bond acceptors (Lipinski definition) is 4. The molecule has 0 aliphatic carbocycles. The zero-order valence-corrected chi connectivity index (χ0v) is 16.7. The summed E-state index contributed by atoms with van der Waals surface area (Å²) in [5.41, 5.74) is 2.12. The minimum absolute atomic E-state index is 0.0372. The number of nitrogens with zero attached hydrogens (tertiary/aromatic N) is 2. The lowest BCUT2D eigenvalue weighted by molar-refractivity contribution is -0.128. The monoisotopic (exact) mass is 373 g/mol. The summed E-state index contributed by atoms with van der Waals surface area (Å²) in [7, 11) is 4.84. The van der Waals surface area contributed by atoms with E-state index in [1.165, 1.54) is 4.90 Å². The Labute approximate surface area is 159 Å². The smallest absolute Gasteiger partial charge is 0.322 e. The number of amides is 3. The third-order valence-electron chi connectivity index (χ3n) is 5.55. The maximum Gasteiger partial charge on any atom is 0.322 e. The van der Waals surface area contributed by atoms with E-state index >= 15 is 0 Å². The maximum absolute atomic E-state index is 13.3. The van der Waals surface area contributed by atoms with Gasteiger partial charge in [-0.05, 0) is 30.5 Å². The molecule has 146 valence electrons. The highest BCUT2D eigenvalue weighted by atomic mass is 16.5. The summed E-state index contributed by atoms with van der Waals surface area (Å²) in [4.78, 5) is 29.2. The molecule has 7 nitrogen and oxygen atoms in total. The van der Waals surface area contributed by atoms with E-state index in [0.29, 0.717) is 29.5 Å². The molecule has 1 aromatic carbocycles. The van der Waals surface area contributed by atoms with Gasteiger partial charge in [0.15, 0.2) is 0 Å². The van der Waals surface area contributed by atoms with Gasteiger partial charge in [-0.2, -0.15) is 0 Å². The number of hydrogen-bond donors (Lipinski definition) is 1. The van der Waals surface area contributed by atoms with Gasteiger partial charge in [0, 0.05) is 19.2 Å². The molecule has 0 saturated heterocycles. The van der Waals surface area contributed by atoms with E-state index in [0.717, 1.165) is 11.3 Å². The molecule has 0 fully saturated rings. The van der Waals surface area contributed by atoms with Crippen LogP contribution in [0.3, 0.4) is 0 Å². The van der Waals surface area contributed by atoms with Gasteiger partial charge in [-0.1, -0.05) is 13.8 Å². The number of benzene rings is 1. The van der Waals surface area contributed by atoms with Crippen LogP contribution in [0.2, 0.25) is 0 Å². The largest absolute Gasteiger partial charge is 0.497 e. The van der Waals surface area contributed by atoms with Crippen molar-refractivity contribution in [1.82, 2.24) is 15.1 Å². The van der Waals surface area contributed by atoms with Gasteiger partial charge in [-0.25, -0.2) is 4.79 Å². The van der Waals surface area contributed by atoms with E-state index in [1.807, 2.05) is 24.0 Å². The summed E-state index contributed by atoms with van der Waals surface area (Å²) in [5, 5.41) is 2.95. The van der Waals surface area contributed by atoms with Crippen molar-refractivity contribution in [2.45, 2.75) is 32.9 Å². The Hall–Kier alpha value is -2.70. The molecule has 2 aliphatic heterocycles. The lowest BCUT2D eigenvalue weighted by Gasteiger charge is -2.31.